The summed E-state index contributed by atoms with van der Waals surface area (Å²) in [5.41, 5.74) is 0.468. The summed E-state index contributed by atoms with van der Waals surface area (Å²) >= 11 is 0.628. The molecular weight excluding hydrogens is 174 g/mol. The normalized spacial score (nSPS) is 9.08. The lowest BCUT2D eigenvalue weighted by molar-refractivity contribution is 0.412. The summed E-state index contributed by atoms with van der Waals surface area (Å²) in [6.45, 7) is 0. The first-order chi connectivity index (χ1) is 5.81. The van der Waals surface area contributed by atoms with Crippen LogP contribution in [0.1, 0.15) is 5.56 Å². The standard InChI is InChI=1S/C8H7NO2S/c1-11-8-4-7(12-10)3-2-6(8)5-9/h2-4,10H,1H3. The number of rotatable bonds is 2. The lowest BCUT2D eigenvalue weighted by Crippen LogP contribution is -1.87. The second-order valence-electron chi connectivity index (χ2n) is 2.07. The average Bonchev–Trinajstić information content (AvgIpc) is 2.16. The van der Waals surface area contributed by atoms with Crippen molar-refractivity contribution < 1.29 is 9.29 Å². The van der Waals surface area contributed by atoms with Crippen LogP contribution in [0.3, 0.4) is 0 Å². The molecule has 12 heavy (non-hydrogen) atoms. The summed E-state index contributed by atoms with van der Waals surface area (Å²) in [5, 5.41) is 8.61. The minimum Gasteiger partial charge on any atom is -0.495 e. The first-order valence-corrected chi connectivity index (χ1v) is 3.98. The summed E-state index contributed by atoms with van der Waals surface area (Å²) in [5.74, 6) is 0.483. The predicted octanol–water partition coefficient (Wildman–Crippen LogP) is 2.13. The highest BCUT2D eigenvalue weighted by molar-refractivity contribution is 7.93. The van der Waals surface area contributed by atoms with Crippen molar-refractivity contribution in [1.82, 2.24) is 0 Å². The van der Waals surface area contributed by atoms with Crippen LogP contribution in [0.2, 0.25) is 0 Å². The van der Waals surface area contributed by atoms with E-state index < -0.39 is 0 Å². The highest BCUT2D eigenvalue weighted by Gasteiger charge is 2.02. The first-order valence-electron chi connectivity index (χ1n) is 3.21. The Morgan fingerprint density at radius 3 is 2.83 bits per heavy atom. The number of hydrogen-bond acceptors (Lipinski definition) is 4. The van der Waals surface area contributed by atoms with E-state index in [0.717, 1.165) is 0 Å². The smallest absolute Gasteiger partial charge is 0.137 e. The second-order valence-corrected chi connectivity index (χ2v) is 2.72. The van der Waals surface area contributed by atoms with Crippen LogP contribution in [0.25, 0.3) is 0 Å². The van der Waals surface area contributed by atoms with E-state index in [1.807, 2.05) is 6.07 Å². The zero-order valence-electron chi connectivity index (χ0n) is 6.44. The summed E-state index contributed by atoms with van der Waals surface area (Å²) in [6.07, 6.45) is 0. The number of ether oxygens (including phenoxy) is 1. The summed E-state index contributed by atoms with van der Waals surface area (Å²) in [4.78, 5) is 0.658. The SMILES string of the molecule is COc1cc(SO)ccc1C#N. The van der Waals surface area contributed by atoms with E-state index >= 15 is 0 Å². The third kappa shape index (κ3) is 1.70. The molecule has 1 N–H and O–H groups in total. The second kappa shape index (κ2) is 4.00. The number of benzene rings is 1. The molecule has 0 aliphatic rings. The maximum Gasteiger partial charge on any atom is 0.137 e. The summed E-state index contributed by atoms with van der Waals surface area (Å²) in [6, 6.07) is 6.86. The van der Waals surface area contributed by atoms with Crippen LogP contribution in [-0.2, 0) is 0 Å². The molecule has 0 bridgehead atoms. The minimum absolute atomic E-state index is 0.468. The zero-order valence-corrected chi connectivity index (χ0v) is 7.26. The van der Waals surface area contributed by atoms with Gasteiger partial charge in [0.1, 0.15) is 11.8 Å². The van der Waals surface area contributed by atoms with Crippen molar-refractivity contribution in [2.24, 2.45) is 0 Å². The molecule has 0 amide bonds. The Hall–Kier alpha value is -1.18. The van der Waals surface area contributed by atoms with E-state index in [0.29, 0.717) is 28.3 Å². The van der Waals surface area contributed by atoms with Crippen molar-refractivity contribution >= 4 is 12.0 Å². The van der Waals surface area contributed by atoms with Crippen LogP contribution < -0.4 is 4.74 Å². The lowest BCUT2D eigenvalue weighted by atomic mass is 10.2. The zero-order chi connectivity index (χ0) is 8.97. The van der Waals surface area contributed by atoms with Gasteiger partial charge in [-0.1, -0.05) is 0 Å². The number of methoxy groups -OCH3 is 1. The van der Waals surface area contributed by atoms with Crippen LogP contribution in [0.5, 0.6) is 5.75 Å². The number of hydrogen-bond donors (Lipinski definition) is 1. The van der Waals surface area contributed by atoms with E-state index in [4.69, 9.17) is 14.6 Å². The maximum absolute atomic E-state index is 8.70. The quantitative estimate of drug-likeness (QED) is 0.710. The fourth-order valence-electron chi connectivity index (χ4n) is 0.821. The van der Waals surface area contributed by atoms with Gasteiger partial charge in [0.2, 0.25) is 0 Å². The minimum atomic E-state index is 0.468. The van der Waals surface area contributed by atoms with Gasteiger partial charge in [0.15, 0.2) is 0 Å². The van der Waals surface area contributed by atoms with Gasteiger partial charge in [0.05, 0.1) is 12.7 Å². The van der Waals surface area contributed by atoms with Crippen LogP contribution in [0.4, 0.5) is 0 Å². The van der Waals surface area contributed by atoms with Gasteiger partial charge in [-0.15, -0.1) is 0 Å². The topological polar surface area (TPSA) is 53.2 Å². The Morgan fingerprint density at radius 1 is 1.58 bits per heavy atom. The van der Waals surface area contributed by atoms with Gasteiger partial charge in [-0.25, -0.2) is 0 Å². The molecule has 1 aromatic rings. The molecule has 0 aliphatic heterocycles. The molecule has 1 aromatic carbocycles. The molecule has 0 atom stereocenters. The Kier molecular flexibility index (Phi) is 2.97. The van der Waals surface area contributed by atoms with Crippen molar-refractivity contribution in [3.8, 4) is 11.8 Å². The van der Waals surface area contributed by atoms with Crippen LogP contribution in [0, 0.1) is 11.3 Å². The summed E-state index contributed by atoms with van der Waals surface area (Å²) in [7, 11) is 1.49. The molecule has 0 spiro atoms. The van der Waals surface area contributed by atoms with Gasteiger partial charge < -0.3 is 9.29 Å². The Labute approximate surface area is 74.8 Å². The molecule has 0 unspecified atom stereocenters. The van der Waals surface area contributed by atoms with Crippen LogP contribution >= 0.6 is 12.0 Å². The molecule has 0 heterocycles. The average molecular weight is 181 g/mol. The fraction of sp³-hybridized carbons (Fsp3) is 0.125. The fourth-order valence-corrected chi connectivity index (χ4v) is 1.11. The van der Waals surface area contributed by atoms with Crippen molar-refractivity contribution in [3.63, 3.8) is 0 Å². The third-order valence-electron chi connectivity index (χ3n) is 1.40. The van der Waals surface area contributed by atoms with Crippen LogP contribution in [0.15, 0.2) is 23.1 Å². The molecular formula is C8H7NO2S. The molecule has 0 aromatic heterocycles. The van der Waals surface area contributed by atoms with Crippen molar-refractivity contribution in [2.75, 3.05) is 7.11 Å². The number of nitriles is 1. The van der Waals surface area contributed by atoms with E-state index in [9.17, 15) is 0 Å². The molecule has 0 saturated heterocycles. The van der Waals surface area contributed by atoms with E-state index in [-0.39, 0.29) is 0 Å². The molecule has 4 heteroatoms. The predicted molar refractivity (Wildman–Crippen MR) is 46.2 cm³/mol. The van der Waals surface area contributed by atoms with Gasteiger partial charge in [-0.05, 0) is 18.2 Å². The highest BCUT2D eigenvalue weighted by atomic mass is 32.2. The molecule has 0 aliphatic carbocycles. The summed E-state index contributed by atoms with van der Waals surface area (Å²) < 4.78 is 13.6. The van der Waals surface area contributed by atoms with E-state index in [2.05, 4.69) is 0 Å². The van der Waals surface area contributed by atoms with Crippen molar-refractivity contribution in [1.29, 1.82) is 5.26 Å². The molecule has 0 radical (unpaired) electrons. The third-order valence-corrected chi connectivity index (χ3v) is 1.86. The van der Waals surface area contributed by atoms with Crippen molar-refractivity contribution in [3.05, 3.63) is 23.8 Å². The van der Waals surface area contributed by atoms with Crippen molar-refractivity contribution in [2.45, 2.75) is 4.90 Å². The highest BCUT2D eigenvalue weighted by Crippen LogP contribution is 2.24. The Bertz CT molecular complexity index is 319. The Morgan fingerprint density at radius 2 is 2.33 bits per heavy atom. The monoisotopic (exact) mass is 181 g/mol. The van der Waals surface area contributed by atoms with Gasteiger partial charge in [0.25, 0.3) is 0 Å². The molecule has 3 nitrogen and oxygen atoms in total. The first kappa shape index (κ1) is 8.91. The lowest BCUT2D eigenvalue weighted by Gasteiger charge is -2.02. The largest absolute Gasteiger partial charge is 0.495 e. The van der Waals surface area contributed by atoms with Gasteiger partial charge >= 0.3 is 0 Å². The van der Waals surface area contributed by atoms with Gasteiger partial charge in [-0.2, -0.15) is 5.26 Å². The van der Waals surface area contributed by atoms with E-state index in [1.165, 1.54) is 7.11 Å². The Balaban J connectivity index is 3.13. The maximum atomic E-state index is 8.70. The number of nitrogens with zero attached hydrogens (tertiary/aromatic N) is 1. The molecule has 1 rings (SSSR count). The molecule has 0 fully saturated rings. The van der Waals surface area contributed by atoms with Gasteiger partial charge in [-0.3, -0.25) is 0 Å². The molecule has 0 saturated carbocycles. The van der Waals surface area contributed by atoms with Gasteiger partial charge in [0, 0.05) is 16.9 Å². The van der Waals surface area contributed by atoms with E-state index in [1.54, 1.807) is 18.2 Å². The molecule has 62 valence electrons. The van der Waals surface area contributed by atoms with Crippen LogP contribution in [-0.4, -0.2) is 11.7 Å².